The van der Waals surface area contributed by atoms with Crippen LogP contribution in [0.25, 0.3) is 0 Å². The van der Waals surface area contributed by atoms with Crippen molar-refractivity contribution in [2.45, 2.75) is 38.7 Å². The van der Waals surface area contributed by atoms with E-state index in [-0.39, 0.29) is 36.1 Å². The average molecular weight is 406 g/mol. The largest absolute Gasteiger partial charge is 0.449 e. The molecule has 0 N–H and O–H groups in total. The molecule has 0 saturated carbocycles. The van der Waals surface area contributed by atoms with Gasteiger partial charge in [0, 0.05) is 25.1 Å². The average Bonchev–Trinajstić information content (AvgIpc) is 3.10. The quantitative estimate of drug-likeness (QED) is 0.576. The number of para-hydroxylation sites is 1. The summed E-state index contributed by atoms with van der Waals surface area (Å²) in [4.78, 5) is 52.2. The highest BCUT2D eigenvalue weighted by Crippen LogP contribution is 2.28. The molecule has 7 nitrogen and oxygen atoms in total. The van der Waals surface area contributed by atoms with Crippen molar-refractivity contribution in [2.75, 3.05) is 16.3 Å². The number of imide groups is 1. The fourth-order valence-electron chi connectivity index (χ4n) is 3.90. The van der Waals surface area contributed by atoms with Gasteiger partial charge in [0.2, 0.25) is 11.8 Å². The number of anilines is 2. The van der Waals surface area contributed by atoms with Gasteiger partial charge in [-0.2, -0.15) is 0 Å². The molecule has 2 heterocycles. The van der Waals surface area contributed by atoms with Gasteiger partial charge in [0.15, 0.2) is 6.10 Å². The maximum absolute atomic E-state index is 12.9. The molecular weight excluding hydrogens is 384 g/mol. The molecule has 1 atom stereocenters. The smallest absolute Gasteiger partial charge is 0.338 e. The fraction of sp³-hybridized carbons (Fsp3) is 0.304. The van der Waals surface area contributed by atoms with Crippen LogP contribution in [0.1, 0.15) is 42.1 Å². The number of aryl methyl sites for hydroxylation is 1. The summed E-state index contributed by atoms with van der Waals surface area (Å²) >= 11 is 0. The topological polar surface area (TPSA) is 84.0 Å². The molecule has 154 valence electrons. The Kier molecular flexibility index (Phi) is 5.35. The number of hydrogen-bond donors (Lipinski definition) is 0. The minimum Gasteiger partial charge on any atom is -0.449 e. The number of nitrogens with zero attached hydrogens (tertiary/aromatic N) is 2. The lowest BCUT2D eigenvalue weighted by atomic mass is 10.0. The van der Waals surface area contributed by atoms with Crippen molar-refractivity contribution in [3.8, 4) is 0 Å². The Labute approximate surface area is 174 Å². The van der Waals surface area contributed by atoms with Crippen LogP contribution in [0.3, 0.4) is 0 Å². The third-order valence-electron chi connectivity index (χ3n) is 5.40. The van der Waals surface area contributed by atoms with Crippen LogP contribution < -0.4 is 9.80 Å². The van der Waals surface area contributed by atoms with Gasteiger partial charge < -0.3 is 9.64 Å². The number of ether oxygens (including phenoxy) is 1. The van der Waals surface area contributed by atoms with Gasteiger partial charge in [-0.1, -0.05) is 24.3 Å². The summed E-state index contributed by atoms with van der Waals surface area (Å²) in [5.74, 6) is -1.55. The van der Waals surface area contributed by atoms with Crippen LogP contribution in [0.4, 0.5) is 11.4 Å². The molecule has 0 bridgehead atoms. The molecule has 2 aliphatic heterocycles. The van der Waals surface area contributed by atoms with Crippen molar-refractivity contribution >= 4 is 35.1 Å². The van der Waals surface area contributed by atoms with E-state index in [0.717, 1.165) is 29.0 Å². The molecule has 0 aromatic heterocycles. The number of carbonyl (C=O) groups is 4. The second-order valence-electron chi connectivity index (χ2n) is 7.44. The van der Waals surface area contributed by atoms with Crippen LogP contribution in [0, 0.1) is 0 Å². The SMILES string of the molecule is C[C@@H](OC(=O)c1cccc(N2C(=O)CCC2=O)c1)C(=O)N1CCCc2ccccc21. The van der Waals surface area contributed by atoms with Gasteiger partial charge in [0.1, 0.15) is 0 Å². The Hall–Kier alpha value is -3.48. The fourth-order valence-corrected chi connectivity index (χ4v) is 3.90. The van der Waals surface area contributed by atoms with Crippen LogP contribution >= 0.6 is 0 Å². The Morgan fingerprint density at radius 2 is 1.70 bits per heavy atom. The minimum atomic E-state index is -0.970. The predicted molar refractivity (Wildman–Crippen MR) is 110 cm³/mol. The van der Waals surface area contributed by atoms with Crippen molar-refractivity contribution in [1.82, 2.24) is 0 Å². The number of benzene rings is 2. The maximum atomic E-state index is 12.9. The van der Waals surface area contributed by atoms with E-state index < -0.39 is 12.1 Å². The zero-order chi connectivity index (χ0) is 21.3. The molecule has 3 amide bonds. The highest BCUT2D eigenvalue weighted by atomic mass is 16.5. The molecule has 2 aliphatic rings. The summed E-state index contributed by atoms with van der Waals surface area (Å²) in [6, 6.07) is 13.9. The van der Waals surface area contributed by atoms with Crippen LogP contribution in [0.5, 0.6) is 0 Å². The first-order chi connectivity index (χ1) is 14.5. The van der Waals surface area contributed by atoms with Gasteiger partial charge in [-0.25, -0.2) is 4.79 Å². The van der Waals surface area contributed by atoms with E-state index >= 15 is 0 Å². The molecule has 2 aromatic rings. The van der Waals surface area contributed by atoms with Crippen molar-refractivity contribution < 1.29 is 23.9 Å². The molecule has 4 rings (SSSR count). The van der Waals surface area contributed by atoms with Crippen LogP contribution in [-0.4, -0.2) is 36.3 Å². The van der Waals surface area contributed by atoms with E-state index in [9.17, 15) is 19.2 Å². The second kappa shape index (κ2) is 8.10. The second-order valence-corrected chi connectivity index (χ2v) is 7.44. The van der Waals surface area contributed by atoms with E-state index in [1.54, 1.807) is 24.0 Å². The maximum Gasteiger partial charge on any atom is 0.338 e. The van der Waals surface area contributed by atoms with Crippen molar-refractivity contribution in [2.24, 2.45) is 0 Å². The number of amides is 3. The summed E-state index contributed by atoms with van der Waals surface area (Å²) in [5, 5.41) is 0. The molecule has 0 radical (unpaired) electrons. The standard InChI is InChI=1S/C23H22N2O5/c1-15(22(28)24-13-5-8-16-6-2-3-10-19(16)24)30-23(29)17-7-4-9-18(14-17)25-20(26)11-12-21(25)27/h2-4,6-7,9-10,14-15H,5,8,11-13H2,1H3/t15-/m1/s1. The number of fused-ring (bicyclic) bond motifs is 1. The molecule has 0 aliphatic carbocycles. The Bertz CT molecular complexity index is 1020. The zero-order valence-electron chi connectivity index (χ0n) is 16.7. The van der Waals surface area contributed by atoms with E-state index in [0.29, 0.717) is 12.2 Å². The van der Waals surface area contributed by atoms with Gasteiger partial charge in [0.25, 0.3) is 5.91 Å². The monoisotopic (exact) mass is 406 g/mol. The van der Waals surface area contributed by atoms with Crippen molar-refractivity contribution in [3.05, 3.63) is 59.7 Å². The predicted octanol–water partition coefficient (Wildman–Crippen LogP) is 2.86. The molecule has 1 saturated heterocycles. The van der Waals surface area contributed by atoms with Gasteiger partial charge in [0.05, 0.1) is 11.3 Å². The van der Waals surface area contributed by atoms with Crippen LogP contribution in [-0.2, 0) is 25.5 Å². The lowest BCUT2D eigenvalue weighted by Crippen LogP contribution is -2.42. The molecular formula is C23H22N2O5. The highest BCUT2D eigenvalue weighted by Gasteiger charge is 2.31. The van der Waals surface area contributed by atoms with Gasteiger partial charge in [-0.3, -0.25) is 19.3 Å². The normalized spacial score (nSPS) is 17.0. The molecule has 30 heavy (non-hydrogen) atoms. The summed E-state index contributed by atoms with van der Waals surface area (Å²) in [5.41, 5.74) is 2.47. The third-order valence-corrected chi connectivity index (χ3v) is 5.40. The Balaban J connectivity index is 1.48. The zero-order valence-corrected chi connectivity index (χ0v) is 16.7. The van der Waals surface area contributed by atoms with Crippen LogP contribution in [0.2, 0.25) is 0 Å². The summed E-state index contributed by atoms with van der Waals surface area (Å²) in [6.45, 7) is 2.13. The van der Waals surface area contributed by atoms with Gasteiger partial charge >= 0.3 is 5.97 Å². The van der Waals surface area contributed by atoms with Crippen LogP contribution in [0.15, 0.2) is 48.5 Å². The first-order valence-corrected chi connectivity index (χ1v) is 10.0. The summed E-state index contributed by atoms with van der Waals surface area (Å²) in [6.07, 6.45) is 1.12. The molecule has 2 aromatic carbocycles. The molecule has 7 heteroatoms. The van der Waals surface area contributed by atoms with Crippen molar-refractivity contribution in [3.63, 3.8) is 0 Å². The lowest BCUT2D eigenvalue weighted by Gasteiger charge is -2.31. The van der Waals surface area contributed by atoms with Crippen molar-refractivity contribution in [1.29, 1.82) is 0 Å². The Morgan fingerprint density at radius 1 is 0.967 bits per heavy atom. The third kappa shape index (κ3) is 3.70. The van der Waals surface area contributed by atoms with E-state index in [1.165, 1.54) is 12.1 Å². The molecule has 0 spiro atoms. The number of hydrogen-bond acceptors (Lipinski definition) is 5. The molecule has 0 unspecified atom stereocenters. The number of rotatable bonds is 4. The summed E-state index contributed by atoms with van der Waals surface area (Å²) in [7, 11) is 0. The number of esters is 1. The summed E-state index contributed by atoms with van der Waals surface area (Å²) < 4.78 is 5.42. The minimum absolute atomic E-state index is 0.163. The van der Waals surface area contributed by atoms with E-state index in [2.05, 4.69) is 0 Å². The Morgan fingerprint density at radius 3 is 2.47 bits per heavy atom. The van der Waals surface area contributed by atoms with Gasteiger partial charge in [-0.05, 0) is 49.6 Å². The lowest BCUT2D eigenvalue weighted by molar-refractivity contribution is -0.126. The number of carbonyl (C=O) groups excluding carboxylic acids is 4. The first kappa shape index (κ1) is 19.8. The first-order valence-electron chi connectivity index (χ1n) is 10.0. The molecule has 1 fully saturated rings. The van der Waals surface area contributed by atoms with E-state index in [4.69, 9.17) is 4.74 Å². The highest BCUT2D eigenvalue weighted by molar-refractivity contribution is 6.20. The van der Waals surface area contributed by atoms with Gasteiger partial charge in [-0.15, -0.1) is 0 Å². The van der Waals surface area contributed by atoms with E-state index in [1.807, 2.05) is 24.3 Å².